The van der Waals surface area contributed by atoms with Crippen LogP contribution in [0.4, 0.5) is 11.8 Å². The van der Waals surface area contributed by atoms with Crippen molar-refractivity contribution in [1.82, 2.24) is 30.2 Å². The van der Waals surface area contributed by atoms with E-state index in [1.165, 1.54) is 24.5 Å². The highest BCUT2D eigenvalue weighted by Crippen LogP contribution is 2.20. The number of anilines is 2. The van der Waals surface area contributed by atoms with Crippen molar-refractivity contribution in [3.05, 3.63) is 30.1 Å². The minimum atomic E-state index is -1.34. The van der Waals surface area contributed by atoms with Crippen molar-refractivity contribution in [3.63, 3.8) is 0 Å². The Hall–Kier alpha value is -4.42. The van der Waals surface area contributed by atoms with E-state index < -0.39 is 30.3 Å². The molecule has 1 amide bonds. The number of carboxylic acids is 2. The largest absolute Gasteiger partial charge is 0.481 e. The van der Waals surface area contributed by atoms with Gasteiger partial charge in [0, 0.05) is 12.6 Å². The number of fused-ring (bicyclic) bond motifs is 1. The third kappa shape index (κ3) is 4.52. The van der Waals surface area contributed by atoms with Gasteiger partial charge in [-0.25, -0.2) is 14.8 Å². The predicted molar refractivity (Wildman–Crippen MR) is 103 cm³/mol. The third-order valence-corrected chi connectivity index (χ3v) is 3.99. The number of nitrogen functional groups attached to an aromatic ring is 2. The molecule has 3 rings (SSSR count). The van der Waals surface area contributed by atoms with E-state index in [1.54, 1.807) is 0 Å². The highest BCUT2D eigenvalue weighted by Gasteiger charge is 2.22. The van der Waals surface area contributed by atoms with Crippen LogP contribution >= 0.6 is 0 Å². The fourth-order valence-electron chi connectivity index (χ4n) is 2.52. The number of nitrogens with one attached hydrogen (secondary N) is 1. The molecule has 13 nitrogen and oxygen atoms in total. The Morgan fingerprint density at radius 3 is 2.40 bits per heavy atom. The molecule has 30 heavy (non-hydrogen) atoms. The molecule has 0 aromatic carbocycles. The van der Waals surface area contributed by atoms with Gasteiger partial charge in [0.2, 0.25) is 5.95 Å². The minimum absolute atomic E-state index is 0.0291. The molecule has 0 aliphatic carbocycles. The molecule has 0 saturated carbocycles. The minimum Gasteiger partial charge on any atom is -0.481 e. The molecule has 1 atom stereocenters. The van der Waals surface area contributed by atoms with Crippen molar-refractivity contribution in [1.29, 1.82) is 0 Å². The summed E-state index contributed by atoms with van der Waals surface area (Å²) in [5.74, 6) is -3.17. The zero-order valence-corrected chi connectivity index (χ0v) is 15.3. The molecule has 0 radical (unpaired) electrons. The summed E-state index contributed by atoms with van der Waals surface area (Å²) in [6, 6.07) is 1.57. The molecule has 3 aromatic rings. The molecule has 13 heteroatoms. The van der Waals surface area contributed by atoms with E-state index in [0.717, 1.165) is 0 Å². The monoisotopic (exact) mass is 412 g/mol. The molecular formula is C17H16N8O5. The first-order chi connectivity index (χ1) is 14.2. The number of hydrogen-bond acceptors (Lipinski definition) is 10. The molecule has 0 unspecified atom stereocenters. The summed E-state index contributed by atoms with van der Waals surface area (Å²) in [5.41, 5.74) is 12.6. The van der Waals surface area contributed by atoms with Crippen molar-refractivity contribution < 1.29 is 24.6 Å². The van der Waals surface area contributed by atoms with E-state index in [9.17, 15) is 14.4 Å². The summed E-state index contributed by atoms with van der Waals surface area (Å²) in [7, 11) is 0. The molecule has 0 aliphatic heterocycles. The van der Waals surface area contributed by atoms with Gasteiger partial charge in [-0.1, -0.05) is 0 Å². The van der Waals surface area contributed by atoms with Gasteiger partial charge in [0.25, 0.3) is 5.91 Å². The summed E-state index contributed by atoms with van der Waals surface area (Å²) < 4.78 is 0. The van der Waals surface area contributed by atoms with Crippen molar-refractivity contribution >= 4 is 40.8 Å². The lowest BCUT2D eigenvalue weighted by molar-refractivity contribution is -0.140. The number of aliphatic carboxylic acids is 2. The van der Waals surface area contributed by atoms with Crippen molar-refractivity contribution in [3.8, 4) is 11.4 Å². The summed E-state index contributed by atoms with van der Waals surface area (Å²) in [4.78, 5) is 54.4. The van der Waals surface area contributed by atoms with Gasteiger partial charge in [-0.15, -0.1) is 0 Å². The SMILES string of the molecule is Nc1nc(N)c2nc(-c3ccc(C(=O)N[C@@H](CCC(=O)O)C(=O)O)cn3)cnc2n1. The zero-order valence-electron chi connectivity index (χ0n) is 15.3. The van der Waals surface area contributed by atoms with Crippen LogP contribution in [0.3, 0.4) is 0 Å². The zero-order chi connectivity index (χ0) is 21.8. The lowest BCUT2D eigenvalue weighted by atomic mass is 10.1. The number of carbonyl (C=O) groups excluding carboxylic acids is 1. The number of aromatic nitrogens is 5. The quantitative estimate of drug-likeness (QED) is 0.337. The summed E-state index contributed by atoms with van der Waals surface area (Å²) in [5, 5.41) is 20.1. The second-order valence-electron chi connectivity index (χ2n) is 6.12. The number of carbonyl (C=O) groups is 3. The molecule has 7 N–H and O–H groups in total. The second-order valence-corrected chi connectivity index (χ2v) is 6.12. The van der Waals surface area contributed by atoms with Gasteiger partial charge in [0.15, 0.2) is 17.0 Å². The van der Waals surface area contributed by atoms with E-state index in [-0.39, 0.29) is 34.9 Å². The lowest BCUT2D eigenvalue weighted by Gasteiger charge is -2.13. The number of carboxylic acid groups (broad SMARTS) is 2. The fraction of sp³-hybridized carbons (Fsp3) is 0.176. The normalized spacial score (nSPS) is 11.7. The molecule has 0 bridgehead atoms. The maximum Gasteiger partial charge on any atom is 0.326 e. The molecule has 0 aliphatic rings. The van der Waals surface area contributed by atoms with E-state index in [4.69, 9.17) is 21.7 Å². The molecule has 0 saturated heterocycles. The average Bonchev–Trinajstić information content (AvgIpc) is 2.70. The number of pyridine rings is 1. The maximum absolute atomic E-state index is 12.3. The van der Waals surface area contributed by atoms with Crippen LogP contribution in [-0.2, 0) is 9.59 Å². The number of amides is 1. The summed E-state index contributed by atoms with van der Waals surface area (Å²) in [6.07, 6.45) is 1.99. The predicted octanol–water partition coefficient (Wildman–Crippen LogP) is -0.306. The van der Waals surface area contributed by atoms with Crippen LogP contribution in [0.5, 0.6) is 0 Å². The Labute approximate surface area is 168 Å². The first-order valence-corrected chi connectivity index (χ1v) is 8.52. The Balaban J connectivity index is 1.78. The van der Waals surface area contributed by atoms with Gasteiger partial charge in [0.05, 0.1) is 17.5 Å². The van der Waals surface area contributed by atoms with E-state index >= 15 is 0 Å². The third-order valence-electron chi connectivity index (χ3n) is 3.99. The topological polar surface area (TPSA) is 220 Å². The van der Waals surface area contributed by atoms with Crippen molar-refractivity contribution in [2.45, 2.75) is 18.9 Å². The average molecular weight is 412 g/mol. The first kappa shape index (κ1) is 20.3. The molecular weight excluding hydrogens is 396 g/mol. The van der Waals surface area contributed by atoms with Gasteiger partial charge in [-0.05, 0) is 18.6 Å². The maximum atomic E-state index is 12.3. The van der Waals surface area contributed by atoms with Crippen LogP contribution in [0.15, 0.2) is 24.5 Å². The van der Waals surface area contributed by atoms with Crippen molar-refractivity contribution in [2.24, 2.45) is 0 Å². The Morgan fingerprint density at radius 2 is 1.77 bits per heavy atom. The summed E-state index contributed by atoms with van der Waals surface area (Å²) in [6.45, 7) is 0. The smallest absolute Gasteiger partial charge is 0.326 e. The summed E-state index contributed by atoms with van der Waals surface area (Å²) >= 11 is 0. The number of rotatable bonds is 7. The van der Waals surface area contributed by atoms with Gasteiger partial charge in [-0.2, -0.15) is 9.97 Å². The molecule has 3 aromatic heterocycles. The molecule has 0 spiro atoms. The lowest BCUT2D eigenvalue weighted by Crippen LogP contribution is -2.41. The van der Waals surface area contributed by atoms with E-state index in [0.29, 0.717) is 11.4 Å². The van der Waals surface area contributed by atoms with Crippen LogP contribution in [0, 0.1) is 0 Å². The molecule has 154 valence electrons. The molecule has 3 heterocycles. The molecule has 0 fully saturated rings. The van der Waals surface area contributed by atoms with Crippen LogP contribution in [0.25, 0.3) is 22.6 Å². The van der Waals surface area contributed by atoms with Crippen molar-refractivity contribution in [2.75, 3.05) is 11.5 Å². The Morgan fingerprint density at radius 1 is 1.00 bits per heavy atom. The van der Waals surface area contributed by atoms with Gasteiger partial charge in [-0.3, -0.25) is 14.6 Å². The number of nitrogens with two attached hydrogens (primary N) is 2. The van der Waals surface area contributed by atoms with E-state index in [1.807, 2.05) is 0 Å². The standard InChI is InChI=1S/C17H16N8O5/c18-13-12-14(25-17(19)24-13)21-6-10(22-12)8-2-1-7(5-20-8)15(28)23-9(16(29)30)3-4-11(26)27/h1-2,5-6,9H,3-4H2,(H,23,28)(H,26,27)(H,29,30)(H4,18,19,21,24,25)/t9-/m0/s1. The second kappa shape index (κ2) is 8.30. The van der Waals surface area contributed by atoms with Crippen LogP contribution in [-0.4, -0.2) is 59.0 Å². The van der Waals surface area contributed by atoms with E-state index in [2.05, 4.69) is 30.2 Å². The van der Waals surface area contributed by atoms with Gasteiger partial charge < -0.3 is 27.0 Å². The first-order valence-electron chi connectivity index (χ1n) is 8.52. The highest BCUT2D eigenvalue weighted by atomic mass is 16.4. The Bertz CT molecular complexity index is 1130. The van der Waals surface area contributed by atoms with Crippen LogP contribution in [0.1, 0.15) is 23.2 Å². The van der Waals surface area contributed by atoms with Crippen LogP contribution < -0.4 is 16.8 Å². The number of hydrogen-bond donors (Lipinski definition) is 5. The highest BCUT2D eigenvalue weighted by molar-refractivity contribution is 5.96. The van der Waals surface area contributed by atoms with Gasteiger partial charge in [0.1, 0.15) is 11.7 Å². The van der Waals surface area contributed by atoms with Gasteiger partial charge >= 0.3 is 11.9 Å². The number of nitrogens with zero attached hydrogens (tertiary/aromatic N) is 5. The fourth-order valence-corrected chi connectivity index (χ4v) is 2.52. The van der Waals surface area contributed by atoms with Crippen LogP contribution in [0.2, 0.25) is 0 Å². The Kier molecular flexibility index (Phi) is 5.62.